The van der Waals surface area contributed by atoms with Crippen molar-refractivity contribution < 1.29 is 9.59 Å². The second-order valence-corrected chi connectivity index (χ2v) is 8.72. The minimum atomic E-state index is -0.465. The quantitative estimate of drug-likeness (QED) is 0.732. The van der Waals surface area contributed by atoms with Gasteiger partial charge in [-0.2, -0.15) is 5.10 Å². The number of aryl methyl sites for hydroxylation is 3. The summed E-state index contributed by atoms with van der Waals surface area (Å²) in [6.07, 6.45) is 0. The Morgan fingerprint density at radius 3 is 2.81 bits per heavy atom. The van der Waals surface area contributed by atoms with Crippen LogP contribution in [-0.4, -0.2) is 44.2 Å². The predicted octanol–water partition coefficient (Wildman–Crippen LogP) is 3.41. The highest BCUT2D eigenvalue weighted by Gasteiger charge is 2.36. The molecule has 1 aliphatic rings. The fourth-order valence-electron chi connectivity index (χ4n) is 3.26. The molecule has 2 aromatic heterocycles. The van der Waals surface area contributed by atoms with Crippen molar-refractivity contribution in [2.24, 2.45) is 7.05 Å². The lowest BCUT2D eigenvalue weighted by atomic mass is 10.2. The first-order valence-electron chi connectivity index (χ1n) is 8.63. The largest absolute Gasteiger partial charge is 0.324 e. The number of nitrogens with one attached hydrogen (secondary N) is 1. The number of hydrogen-bond donors (Lipinski definition) is 1. The van der Waals surface area contributed by atoms with E-state index < -0.39 is 6.04 Å². The Morgan fingerprint density at radius 2 is 2.07 bits per heavy atom. The topological polar surface area (TPSA) is 67.2 Å². The Hall–Kier alpha value is -2.32. The van der Waals surface area contributed by atoms with E-state index in [4.69, 9.17) is 0 Å². The van der Waals surface area contributed by atoms with Crippen LogP contribution >= 0.6 is 23.1 Å². The maximum absolute atomic E-state index is 13.1. The van der Waals surface area contributed by atoms with Gasteiger partial charge >= 0.3 is 0 Å². The molecule has 0 radical (unpaired) electrons. The SMILES string of the molecule is Cc1cccc(NC(=O)C2CSCN2C(=O)c2cc3c(C)nn(C)c3s2)c1. The number of benzene rings is 1. The normalized spacial score (nSPS) is 16.9. The predicted molar refractivity (Wildman–Crippen MR) is 110 cm³/mol. The van der Waals surface area contributed by atoms with Crippen LogP contribution in [-0.2, 0) is 11.8 Å². The Balaban J connectivity index is 1.55. The van der Waals surface area contributed by atoms with Crippen LogP contribution in [0.3, 0.4) is 0 Å². The average Bonchev–Trinajstić information content (AvgIpc) is 3.33. The molecule has 3 aromatic rings. The summed E-state index contributed by atoms with van der Waals surface area (Å²) in [5.41, 5.74) is 2.75. The number of aromatic nitrogens is 2. The molecule has 1 aromatic carbocycles. The first-order valence-corrected chi connectivity index (χ1v) is 10.6. The van der Waals surface area contributed by atoms with Gasteiger partial charge in [0.25, 0.3) is 5.91 Å². The van der Waals surface area contributed by atoms with Crippen LogP contribution in [0.5, 0.6) is 0 Å². The van der Waals surface area contributed by atoms with Gasteiger partial charge in [0.2, 0.25) is 5.91 Å². The third kappa shape index (κ3) is 3.35. The first-order chi connectivity index (χ1) is 12.9. The molecular weight excluding hydrogens is 380 g/mol. The molecule has 1 saturated heterocycles. The number of thioether (sulfide) groups is 1. The highest BCUT2D eigenvalue weighted by Crippen LogP contribution is 2.31. The Bertz CT molecular complexity index is 1010. The molecule has 0 saturated carbocycles. The van der Waals surface area contributed by atoms with Gasteiger partial charge in [0, 0.05) is 23.9 Å². The van der Waals surface area contributed by atoms with Gasteiger partial charge in [0.1, 0.15) is 10.9 Å². The molecule has 4 rings (SSSR count). The zero-order chi connectivity index (χ0) is 19.1. The number of fused-ring (bicyclic) bond motifs is 1. The van der Waals surface area contributed by atoms with Gasteiger partial charge in [-0.15, -0.1) is 23.1 Å². The molecule has 140 valence electrons. The Labute approximate surface area is 165 Å². The summed E-state index contributed by atoms with van der Waals surface area (Å²) in [6, 6.07) is 9.10. The summed E-state index contributed by atoms with van der Waals surface area (Å²) < 4.78 is 1.80. The van der Waals surface area contributed by atoms with E-state index in [-0.39, 0.29) is 11.8 Å². The molecule has 0 aliphatic carbocycles. The molecule has 0 spiro atoms. The maximum Gasteiger partial charge on any atom is 0.265 e. The average molecular weight is 401 g/mol. The molecule has 1 atom stereocenters. The van der Waals surface area contributed by atoms with Crippen LogP contribution in [0.4, 0.5) is 5.69 Å². The first kappa shape index (κ1) is 18.1. The Morgan fingerprint density at radius 1 is 1.26 bits per heavy atom. The number of thiophene rings is 1. The number of hydrogen-bond acceptors (Lipinski definition) is 5. The van der Waals surface area contributed by atoms with Crippen molar-refractivity contribution in [3.05, 3.63) is 46.5 Å². The van der Waals surface area contributed by atoms with Crippen molar-refractivity contribution in [1.82, 2.24) is 14.7 Å². The van der Waals surface area contributed by atoms with Crippen molar-refractivity contribution in [2.75, 3.05) is 16.9 Å². The molecule has 3 heterocycles. The van der Waals surface area contributed by atoms with E-state index in [1.165, 1.54) is 11.3 Å². The molecule has 27 heavy (non-hydrogen) atoms. The third-order valence-electron chi connectivity index (χ3n) is 4.64. The Kier molecular flexibility index (Phi) is 4.69. The highest BCUT2D eigenvalue weighted by atomic mass is 32.2. The molecule has 1 aliphatic heterocycles. The van der Waals surface area contributed by atoms with Gasteiger partial charge in [0.15, 0.2) is 0 Å². The minimum absolute atomic E-state index is 0.0926. The molecule has 8 heteroatoms. The van der Waals surface area contributed by atoms with Gasteiger partial charge in [0.05, 0.1) is 16.4 Å². The summed E-state index contributed by atoms with van der Waals surface area (Å²) in [5.74, 6) is 0.897. The lowest BCUT2D eigenvalue weighted by Crippen LogP contribution is -2.44. The molecular formula is C19H20N4O2S2. The fraction of sp³-hybridized carbons (Fsp3) is 0.316. The van der Waals surface area contributed by atoms with Gasteiger partial charge in [-0.3, -0.25) is 14.3 Å². The molecule has 6 nitrogen and oxygen atoms in total. The molecule has 2 amide bonds. The van der Waals surface area contributed by atoms with E-state index in [0.29, 0.717) is 16.5 Å². The number of anilines is 1. The highest BCUT2D eigenvalue weighted by molar-refractivity contribution is 7.99. The van der Waals surface area contributed by atoms with E-state index >= 15 is 0 Å². The summed E-state index contributed by atoms with van der Waals surface area (Å²) in [5, 5.41) is 8.32. The summed E-state index contributed by atoms with van der Waals surface area (Å²) in [6.45, 7) is 3.92. The number of carbonyl (C=O) groups excluding carboxylic acids is 2. The van der Waals surface area contributed by atoms with Crippen LogP contribution in [0, 0.1) is 13.8 Å². The zero-order valence-electron chi connectivity index (χ0n) is 15.4. The number of rotatable bonds is 3. The van der Waals surface area contributed by atoms with Gasteiger partial charge in [-0.1, -0.05) is 12.1 Å². The van der Waals surface area contributed by atoms with Crippen LogP contribution in [0.15, 0.2) is 30.3 Å². The monoisotopic (exact) mass is 400 g/mol. The molecule has 0 bridgehead atoms. The van der Waals surface area contributed by atoms with Crippen molar-refractivity contribution in [3.63, 3.8) is 0 Å². The van der Waals surface area contributed by atoms with E-state index in [1.807, 2.05) is 51.2 Å². The van der Waals surface area contributed by atoms with Gasteiger partial charge in [-0.25, -0.2) is 0 Å². The van der Waals surface area contributed by atoms with E-state index in [2.05, 4.69) is 10.4 Å². The summed E-state index contributed by atoms with van der Waals surface area (Å²) in [7, 11) is 1.88. The van der Waals surface area contributed by atoms with E-state index in [1.54, 1.807) is 21.3 Å². The molecule has 1 unspecified atom stereocenters. The van der Waals surface area contributed by atoms with Crippen LogP contribution in [0.1, 0.15) is 20.9 Å². The fourth-order valence-corrected chi connectivity index (χ4v) is 5.49. The molecule has 1 fully saturated rings. The van der Waals surface area contributed by atoms with Gasteiger partial charge < -0.3 is 10.2 Å². The second-order valence-electron chi connectivity index (χ2n) is 6.69. The van der Waals surface area contributed by atoms with Gasteiger partial charge in [-0.05, 0) is 37.6 Å². The lowest BCUT2D eigenvalue weighted by Gasteiger charge is -2.22. The maximum atomic E-state index is 13.1. The van der Waals surface area contributed by atoms with Crippen LogP contribution < -0.4 is 5.32 Å². The molecule has 1 N–H and O–H groups in total. The van der Waals surface area contributed by atoms with Crippen molar-refractivity contribution in [3.8, 4) is 0 Å². The van der Waals surface area contributed by atoms with E-state index in [9.17, 15) is 9.59 Å². The number of amides is 2. The zero-order valence-corrected chi connectivity index (χ0v) is 17.0. The van der Waals surface area contributed by atoms with E-state index in [0.717, 1.165) is 27.2 Å². The standard InChI is InChI=1S/C19H20N4O2S2/c1-11-5-4-6-13(7-11)20-17(24)15-9-26-10-23(15)18(25)16-8-14-12(2)21-22(3)19(14)27-16/h4-8,15H,9-10H2,1-3H3,(H,20,24). The lowest BCUT2D eigenvalue weighted by molar-refractivity contribution is -0.119. The summed E-state index contributed by atoms with van der Waals surface area (Å²) in [4.78, 5) is 29.1. The third-order valence-corrected chi connectivity index (χ3v) is 6.84. The summed E-state index contributed by atoms with van der Waals surface area (Å²) >= 11 is 3.03. The number of carbonyl (C=O) groups is 2. The minimum Gasteiger partial charge on any atom is -0.324 e. The van der Waals surface area contributed by atoms with Crippen LogP contribution in [0.25, 0.3) is 10.2 Å². The van der Waals surface area contributed by atoms with Crippen molar-refractivity contribution in [1.29, 1.82) is 0 Å². The van der Waals surface area contributed by atoms with Crippen LogP contribution in [0.2, 0.25) is 0 Å². The number of nitrogens with zero attached hydrogens (tertiary/aromatic N) is 3. The van der Waals surface area contributed by atoms with Crippen molar-refractivity contribution in [2.45, 2.75) is 19.9 Å². The second kappa shape index (κ2) is 7.01. The van der Waals surface area contributed by atoms with Crippen molar-refractivity contribution >= 4 is 50.8 Å². The smallest absolute Gasteiger partial charge is 0.265 e.